The SMILES string of the molecule is CC(C)C(=O)OC[C@@H]1CCC[N@@+]2(C)CCCC[C@H]12. The Labute approximate surface area is 111 Å². The summed E-state index contributed by atoms with van der Waals surface area (Å²) >= 11 is 0. The molecule has 3 heteroatoms. The van der Waals surface area contributed by atoms with Gasteiger partial charge in [-0.05, 0) is 25.7 Å². The molecule has 3 nitrogen and oxygen atoms in total. The molecule has 0 saturated carbocycles. The smallest absolute Gasteiger partial charge is 0.308 e. The van der Waals surface area contributed by atoms with Crippen molar-refractivity contribution in [3.63, 3.8) is 0 Å². The van der Waals surface area contributed by atoms with Crippen LogP contribution in [0.4, 0.5) is 0 Å². The van der Waals surface area contributed by atoms with Crippen molar-refractivity contribution in [1.29, 1.82) is 0 Å². The van der Waals surface area contributed by atoms with Gasteiger partial charge in [-0.3, -0.25) is 4.79 Å². The molecule has 2 aliphatic rings. The first-order valence-corrected chi connectivity index (χ1v) is 7.54. The second kappa shape index (κ2) is 5.60. The number of esters is 1. The summed E-state index contributed by atoms with van der Waals surface area (Å²) in [6.45, 7) is 7.10. The summed E-state index contributed by atoms with van der Waals surface area (Å²) in [5.74, 6) is 0.554. The predicted octanol–water partition coefficient (Wildman–Crippen LogP) is 2.59. The van der Waals surface area contributed by atoms with Crippen molar-refractivity contribution in [2.45, 2.75) is 52.0 Å². The molecule has 2 rings (SSSR count). The van der Waals surface area contributed by atoms with E-state index in [-0.39, 0.29) is 11.9 Å². The Bertz CT molecular complexity index is 299. The number of hydrogen-bond acceptors (Lipinski definition) is 2. The largest absolute Gasteiger partial charge is 0.465 e. The number of nitrogens with zero attached hydrogens (tertiary/aromatic N) is 1. The summed E-state index contributed by atoms with van der Waals surface area (Å²) in [7, 11) is 2.40. The van der Waals surface area contributed by atoms with Crippen LogP contribution in [-0.4, -0.2) is 43.2 Å². The molecule has 0 aromatic carbocycles. The number of ether oxygens (including phenoxy) is 1. The van der Waals surface area contributed by atoms with Gasteiger partial charge in [-0.2, -0.15) is 0 Å². The van der Waals surface area contributed by atoms with Crippen LogP contribution in [0.15, 0.2) is 0 Å². The second-order valence-electron chi connectivity index (χ2n) is 6.68. The van der Waals surface area contributed by atoms with Gasteiger partial charge in [-0.1, -0.05) is 13.8 Å². The molecule has 0 aromatic heterocycles. The lowest BCUT2D eigenvalue weighted by atomic mass is 9.82. The van der Waals surface area contributed by atoms with Crippen LogP contribution in [0.1, 0.15) is 46.0 Å². The third-order valence-electron chi connectivity index (χ3n) is 4.92. The van der Waals surface area contributed by atoms with E-state index in [0.717, 1.165) is 6.04 Å². The molecule has 0 aliphatic carbocycles. The molecule has 3 atom stereocenters. The Hall–Kier alpha value is -0.570. The lowest BCUT2D eigenvalue weighted by Gasteiger charge is -2.51. The summed E-state index contributed by atoms with van der Waals surface area (Å²) < 4.78 is 6.71. The van der Waals surface area contributed by atoms with Crippen LogP contribution in [0.3, 0.4) is 0 Å². The highest BCUT2D eigenvalue weighted by molar-refractivity contribution is 5.71. The molecular formula is C15H28NO2+. The minimum atomic E-state index is -0.0365. The molecule has 0 radical (unpaired) electrons. The number of hydrogen-bond donors (Lipinski definition) is 0. The molecule has 2 saturated heterocycles. The summed E-state index contributed by atoms with van der Waals surface area (Å²) in [4.78, 5) is 11.6. The maximum absolute atomic E-state index is 11.6. The van der Waals surface area contributed by atoms with Crippen molar-refractivity contribution >= 4 is 5.97 Å². The lowest BCUT2D eigenvalue weighted by molar-refractivity contribution is -0.947. The van der Waals surface area contributed by atoms with Crippen molar-refractivity contribution in [2.75, 3.05) is 26.7 Å². The monoisotopic (exact) mass is 254 g/mol. The molecule has 0 N–H and O–H groups in total. The first-order valence-electron chi connectivity index (χ1n) is 7.54. The Morgan fingerprint density at radius 1 is 1.22 bits per heavy atom. The van der Waals surface area contributed by atoms with Crippen LogP contribution < -0.4 is 0 Å². The quantitative estimate of drug-likeness (QED) is 0.571. The van der Waals surface area contributed by atoms with E-state index in [1.807, 2.05) is 13.8 Å². The highest BCUT2D eigenvalue weighted by Crippen LogP contribution is 2.36. The van der Waals surface area contributed by atoms with E-state index in [4.69, 9.17) is 4.74 Å². The van der Waals surface area contributed by atoms with Gasteiger partial charge in [0.1, 0.15) is 0 Å². The van der Waals surface area contributed by atoms with E-state index < -0.39 is 0 Å². The van der Waals surface area contributed by atoms with Gasteiger partial charge >= 0.3 is 5.97 Å². The number of piperidine rings is 2. The van der Waals surface area contributed by atoms with Crippen LogP contribution >= 0.6 is 0 Å². The standard InChI is InChI=1S/C15H28NO2/c1-12(2)15(17)18-11-13-7-6-10-16(3)9-5-4-8-14(13)16/h12-14H,4-11H2,1-3H3/q+1/t13-,14+,16+/m0/s1. The molecule has 104 valence electrons. The Kier molecular flexibility index (Phi) is 4.31. The predicted molar refractivity (Wildman–Crippen MR) is 72.1 cm³/mol. The zero-order valence-electron chi connectivity index (χ0n) is 12.2. The first-order chi connectivity index (χ1) is 8.53. The number of rotatable bonds is 3. The summed E-state index contributed by atoms with van der Waals surface area (Å²) in [6.07, 6.45) is 6.57. The average Bonchev–Trinajstić information content (AvgIpc) is 2.34. The zero-order valence-corrected chi connectivity index (χ0v) is 12.2. The second-order valence-corrected chi connectivity index (χ2v) is 6.68. The lowest BCUT2D eigenvalue weighted by Crippen LogP contribution is -2.61. The van der Waals surface area contributed by atoms with Gasteiger partial charge in [-0.15, -0.1) is 0 Å². The molecule has 2 heterocycles. The van der Waals surface area contributed by atoms with Gasteiger partial charge < -0.3 is 9.22 Å². The maximum Gasteiger partial charge on any atom is 0.308 e. The Balaban J connectivity index is 1.93. The van der Waals surface area contributed by atoms with Gasteiger partial charge in [0.2, 0.25) is 0 Å². The average molecular weight is 254 g/mol. The molecule has 18 heavy (non-hydrogen) atoms. The summed E-state index contributed by atoms with van der Waals surface area (Å²) in [5, 5.41) is 0. The Morgan fingerprint density at radius 3 is 2.67 bits per heavy atom. The van der Waals surface area contributed by atoms with E-state index in [1.165, 1.54) is 49.7 Å². The fourth-order valence-corrected chi connectivity index (χ4v) is 3.78. The Morgan fingerprint density at radius 2 is 1.94 bits per heavy atom. The van der Waals surface area contributed by atoms with Crippen LogP contribution in [0.25, 0.3) is 0 Å². The molecule has 0 amide bonds. The van der Waals surface area contributed by atoms with E-state index in [0.29, 0.717) is 12.5 Å². The molecule has 0 unspecified atom stereocenters. The van der Waals surface area contributed by atoms with Crippen LogP contribution in [-0.2, 0) is 9.53 Å². The minimum Gasteiger partial charge on any atom is -0.465 e. The summed E-state index contributed by atoms with van der Waals surface area (Å²) in [6, 6.07) is 0.729. The molecular weight excluding hydrogens is 226 g/mol. The first kappa shape index (κ1) is 13.9. The van der Waals surface area contributed by atoms with Gasteiger partial charge in [0, 0.05) is 12.3 Å². The topological polar surface area (TPSA) is 26.3 Å². The van der Waals surface area contributed by atoms with Gasteiger partial charge in [-0.25, -0.2) is 0 Å². The molecule has 0 spiro atoms. The van der Waals surface area contributed by atoms with Gasteiger partial charge in [0.25, 0.3) is 0 Å². The van der Waals surface area contributed by atoms with Crippen LogP contribution in [0, 0.1) is 11.8 Å². The van der Waals surface area contributed by atoms with Crippen molar-refractivity contribution in [2.24, 2.45) is 11.8 Å². The number of quaternary nitrogens is 1. The molecule has 2 aliphatic heterocycles. The van der Waals surface area contributed by atoms with Crippen LogP contribution in [0.5, 0.6) is 0 Å². The summed E-state index contributed by atoms with van der Waals surface area (Å²) in [5.41, 5.74) is 0. The highest BCUT2D eigenvalue weighted by Gasteiger charge is 2.43. The fourth-order valence-electron chi connectivity index (χ4n) is 3.78. The normalized spacial score (nSPS) is 36.2. The van der Waals surface area contributed by atoms with Gasteiger partial charge in [0.15, 0.2) is 0 Å². The van der Waals surface area contributed by atoms with E-state index in [9.17, 15) is 4.79 Å². The highest BCUT2D eigenvalue weighted by atomic mass is 16.5. The van der Waals surface area contributed by atoms with Crippen molar-refractivity contribution in [3.8, 4) is 0 Å². The van der Waals surface area contributed by atoms with E-state index >= 15 is 0 Å². The third-order valence-corrected chi connectivity index (χ3v) is 4.92. The third kappa shape index (κ3) is 2.87. The molecule has 0 bridgehead atoms. The maximum atomic E-state index is 11.6. The fraction of sp³-hybridized carbons (Fsp3) is 0.933. The molecule has 2 fully saturated rings. The molecule has 0 aromatic rings. The minimum absolute atomic E-state index is 0.000759. The van der Waals surface area contributed by atoms with Crippen LogP contribution in [0.2, 0.25) is 0 Å². The van der Waals surface area contributed by atoms with Crippen molar-refractivity contribution < 1.29 is 14.0 Å². The number of fused-ring (bicyclic) bond motifs is 1. The van der Waals surface area contributed by atoms with Crippen molar-refractivity contribution in [1.82, 2.24) is 0 Å². The van der Waals surface area contributed by atoms with Gasteiger partial charge in [0.05, 0.1) is 38.7 Å². The van der Waals surface area contributed by atoms with E-state index in [2.05, 4.69) is 7.05 Å². The zero-order chi connectivity index (χ0) is 13.2. The van der Waals surface area contributed by atoms with Crippen molar-refractivity contribution in [3.05, 3.63) is 0 Å². The number of carbonyl (C=O) groups excluding carboxylic acids is 1. The van der Waals surface area contributed by atoms with E-state index in [1.54, 1.807) is 0 Å². The number of carbonyl (C=O) groups is 1.